The highest BCUT2D eigenvalue weighted by Gasteiger charge is 2.35. The average molecular weight is 322 g/mol. The van der Waals surface area contributed by atoms with E-state index in [0.717, 1.165) is 37.1 Å². The van der Waals surface area contributed by atoms with Crippen LogP contribution in [0.25, 0.3) is 0 Å². The molecule has 0 saturated carbocycles. The Hall–Kier alpha value is -1.40. The van der Waals surface area contributed by atoms with Crippen LogP contribution < -0.4 is 5.32 Å². The van der Waals surface area contributed by atoms with Gasteiger partial charge in [-0.1, -0.05) is 18.2 Å². The van der Waals surface area contributed by atoms with Crippen LogP contribution in [-0.4, -0.2) is 49.9 Å². The Balaban J connectivity index is 1.77. The zero-order valence-electron chi connectivity index (χ0n) is 12.8. The van der Waals surface area contributed by atoms with E-state index in [1.807, 2.05) is 24.3 Å². The lowest BCUT2D eigenvalue weighted by atomic mass is 10.0. The summed E-state index contributed by atoms with van der Waals surface area (Å²) in [5.41, 5.74) is 2.03. The molecule has 1 fully saturated rings. The molecule has 0 radical (unpaired) electrons. The van der Waals surface area contributed by atoms with Gasteiger partial charge in [-0.25, -0.2) is 8.42 Å². The van der Waals surface area contributed by atoms with Gasteiger partial charge in [-0.3, -0.25) is 9.69 Å². The van der Waals surface area contributed by atoms with Crippen LogP contribution in [0.15, 0.2) is 24.3 Å². The van der Waals surface area contributed by atoms with Gasteiger partial charge in [0, 0.05) is 18.5 Å². The number of rotatable bonds is 2. The number of carbonyl (C=O) groups is 1. The number of para-hydroxylation sites is 1. The number of benzene rings is 1. The molecule has 3 rings (SSSR count). The zero-order valence-corrected chi connectivity index (χ0v) is 13.6. The maximum Gasteiger partial charge on any atom is 0.241 e. The first-order valence-electron chi connectivity index (χ1n) is 7.77. The van der Waals surface area contributed by atoms with E-state index in [9.17, 15) is 13.2 Å². The standard InChI is InChI=1S/C16H22N2O3S/c1-22(20,21)13-6-4-10-18(11-13)15-9-8-12-5-2-3-7-14(12)17-16(15)19/h2-3,5,7,13,15H,4,6,8-11H2,1H3,(H,17,19)/t13-,15-/m0/s1. The number of aryl methyl sites for hydroxylation is 1. The van der Waals surface area contributed by atoms with Crippen molar-refractivity contribution in [2.24, 2.45) is 0 Å². The minimum absolute atomic E-state index is 0.0147. The number of nitrogens with one attached hydrogen (secondary N) is 1. The van der Waals surface area contributed by atoms with Crippen molar-refractivity contribution in [3.05, 3.63) is 29.8 Å². The van der Waals surface area contributed by atoms with Crippen LogP contribution >= 0.6 is 0 Å². The molecule has 0 unspecified atom stereocenters. The fourth-order valence-corrected chi connectivity index (χ4v) is 4.50. The molecule has 1 aromatic rings. The predicted molar refractivity (Wildman–Crippen MR) is 86.6 cm³/mol. The summed E-state index contributed by atoms with van der Waals surface area (Å²) in [6.45, 7) is 1.26. The lowest BCUT2D eigenvalue weighted by Crippen LogP contribution is -2.51. The largest absolute Gasteiger partial charge is 0.324 e. The van der Waals surface area contributed by atoms with Gasteiger partial charge in [-0.05, 0) is 43.9 Å². The van der Waals surface area contributed by atoms with Crippen LogP contribution in [-0.2, 0) is 21.1 Å². The molecular weight excluding hydrogens is 300 g/mol. The van der Waals surface area contributed by atoms with Gasteiger partial charge in [0.25, 0.3) is 0 Å². The molecule has 22 heavy (non-hydrogen) atoms. The lowest BCUT2D eigenvalue weighted by molar-refractivity contribution is -0.121. The van der Waals surface area contributed by atoms with Crippen LogP contribution in [0.4, 0.5) is 5.69 Å². The molecule has 6 heteroatoms. The second-order valence-corrected chi connectivity index (χ2v) is 8.62. The minimum atomic E-state index is -3.05. The van der Waals surface area contributed by atoms with E-state index in [4.69, 9.17) is 0 Å². The van der Waals surface area contributed by atoms with Gasteiger partial charge in [-0.15, -0.1) is 0 Å². The van der Waals surface area contributed by atoms with E-state index in [-0.39, 0.29) is 17.2 Å². The van der Waals surface area contributed by atoms with E-state index >= 15 is 0 Å². The Morgan fingerprint density at radius 3 is 2.77 bits per heavy atom. The summed E-state index contributed by atoms with van der Waals surface area (Å²) >= 11 is 0. The highest BCUT2D eigenvalue weighted by molar-refractivity contribution is 7.91. The maximum absolute atomic E-state index is 12.5. The number of carbonyl (C=O) groups excluding carboxylic acids is 1. The number of anilines is 1. The van der Waals surface area contributed by atoms with Gasteiger partial charge in [0.15, 0.2) is 9.84 Å². The number of sulfone groups is 1. The fraction of sp³-hybridized carbons (Fsp3) is 0.562. The van der Waals surface area contributed by atoms with Crippen molar-refractivity contribution >= 4 is 21.4 Å². The third-order valence-corrected chi connectivity index (χ3v) is 6.32. The smallest absolute Gasteiger partial charge is 0.241 e. The first kappa shape index (κ1) is 15.5. The van der Waals surface area contributed by atoms with E-state index in [0.29, 0.717) is 13.0 Å². The Morgan fingerprint density at radius 2 is 2.00 bits per heavy atom. The number of hydrogen-bond acceptors (Lipinski definition) is 4. The highest BCUT2D eigenvalue weighted by Crippen LogP contribution is 2.26. The molecule has 2 heterocycles. The molecule has 2 aliphatic heterocycles. The first-order chi connectivity index (χ1) is 10.4. The minimum Gasteiger partial charge on any atom is -0.324 e. The molecule has 0 aromatic heterocycles. The van der Waals surface area contributed by atoms with Gasteiger partial charge in [0.05, 0.1) is 11.3 Å². The van der Waals surface area contributed by atoms with E-state index in [2.05, 4.69) is 10.2 Å². The Bertz CT molecular complexity index is 672. The monoisotopic (exact) mass is 322 g/mol. The Morgan fingerprint density at radius 1 is 1.23 bits per heavy atom. The second-order valence-electron chi connectivity index (χ2n) is 6.29. The summed E-state index contributed by atoms with van der Waals surface area (Å²) in [5, 5.41) is 2.65. The van der Waals surface area contributed by atoms with Crippen molar-refractivity contribution in [1.29, 1.82) is 0 Å². The number of nitrogens with zero attached hydrogens (tertiary/aromatic N) is 1. The average Bonchev–Trinajstić information content (AvgIpc) is 2.65. The summed E-state index contributed by atoms with van der Waals surface area (Å²) in [7, 11) is -3.05. The van der Waals surface area contributed by atoms with Crippen molar-refractivity contribution in [2.75, 3.05) is 24.7 Å². The second kappa shape index (κ2) is 6.01. The summed E-state index contributed by atoms with van der Waals surface area (Å²) in [4.78, 5) is 14.6. The van der Waals surface area contributed by atoms with E-state index in [1.165, 1.54) is 6.26 Å². The van der Waals surface area contributed by atoms with Gasteiger partial charge < -0.3 is 5.32 Å². The molecule has 0 bridgehead atoms. The number of amides is 1. The summed E-state index contributed by atoms with van der Waals surface area (Å²) in [6, 6.07) is 7.61. The number of hydrogen-bond donors (Lipinski definition) is 1. The van der Waals surface area contributed by atoms with Crippen molar-refractivity contribution in [1.82, 2.24) is 4.90 Å². The molecule has 0 aliphatic carbocycles. The third-order valence-electron chi connectivity index (χ3n) is 4.72. The Kier molecular flexibility index (Phi) is 4.23. The predicted octanol–water partition coefficient (Wildman–Crippen LogP) is 1.45. The fourth-order valence-electron chi connectivity index (χ4n) is 3.45. The van der Waals surface area contributed by atoms with Crippen LogP contribution in [0, 0.1) is 0 Å². The topological polar surface area (TPSA) is 66.5 Å². The zero-order chi connectivity index (χ0) is 15.7. The summed E-state index contributed by atoms with van der Waals surface area (Å²) in [6.07, 6.45) is 4.39. The Labute approximate surface area is 131 Å². The first-order valence-corrected chi connectivity index (χ1v) is 9.72. The maximum atomic E-state index is 12.5. The molecular formula is C16H22N2O3S. The lowest BCUT2D eigenvalue weighted by Gasteiger charge is -2.36. The molecule has 1 amide bonds. The number of likely N-dealkylation sites (tertiary alicyclic amines) is 1. The van der Waals surface area contributed by atoms with E-state index in [1.54, 1.807) is 0 Å². The number of piperidine rings is 1. The van der Waals surface area contributed by atoms with E-state index < -0.39 is 9.84 Å². The van der Waals surface area contributed by atoms with Crippen LogP contribution in [0.5, 0.6) is 0 Å². The highest BCUT2D eigenvalue weighted by atomic mass is 32.2. The van der Waals surface area contributed by atoms with Gasteiger partial charge >= 0.3 is 0 Å². The molecule has 120 valence electrons. The van der Waals surface area contributed by atoms with Gasteiger partial charge in [-0.2, -0.15) is 0 Å². The quantitative estimate of drug-likeness (QED) is 0.895. The molecule has 1 aromatic carbocycles. The van der Waals surface area contributed by atoms with Crippen LogP contribution in [0.2, 0.25) is 0 Å². The molecule has 1 saturated heterocycles. The third kappa shape index (κ3) is 3.17. The van der Waals surface area contributed by atoms with Crippen molar-refractivity contribution in [2.45, 2.75) is 37.0 Å². The summed E-state index contributed by atoms with van der Waals surface area (Å²) in [5.74, 6) is -0.0147. The van der Waals surface area contributed by atoms with Crippen molar-refractivity contribution in [3.8, 4) is 0 Å². The molecule has 0 spiro atoms. The molecule has 2 aliphatic rings. The summed E-state index contributed by atoms with van der Waals surface area (Å²) < 4.78 is 23.6. The van der Waals surface area contributed by atoms with Crippen LogP contribution in [0.1, 0.15) is 24.8 Å². The van der Waals surface area contributed by atoms with Gasteiger partial charge in [0.2, 0.25) is 5.91 Å². The SMILES string of the molecule is CS(=O)(=O)[C@H]1CCCN([C@H]2CCc3ccccc3NC2=O)C1. The molecule has 2 atom stereocenters. The van der Waals surface area contributed by atoms with Crippen molar-refractivity contribution in [3.63, 3.8) is 0 Å². The van der Waals surface area contributed by atoms with Gasteiger partial charge in [0.1, 0.15) is 0 Å². The normalized spacial score (nSPS) is 26.9. The number of fused-ring (bicyclic) bond motifs is 1. The van der Waals surface area contributed by atoms with Crippen molar-refractivity contribution < 1.29 is 13.2 Å². The van der Waals surface area contributed by atoms with Crippen LogP contribution in [0.3, 0.4) is 0 Å². The molecule has 1 N–H and O–H groups in total. The molecule has 5 nitrogen and oxygen atoms in total.